The van der Waals surface area contributed by atoms with Crippen molar-refractivity contribution in [1.82, 2.24) is 4.90 Å². The zero-order valence-corrected chi connectivity index (χ0v) is 14.5. The summed E-state index contributed by atoms with van der Waals surface area (Å²) in [5, 5.41) is 2.70. The SMILES string of the molecule is CN1c2cc(C(=O)Nc3cccc(F)c3)ccc2C(=O)N2CCCCC21. The number of amides is 2. The predicted molar refractivity (Wildman–Crippen MR) is 97.9 cm³/mol. The van der Waals surface area contributed by atoms with Crippen molar-refractivity contribution in [2.24, 2.45) is 0 Å². The standard InChI is InChI=1S/C20H20FN3O2/c1-23-17-11-13(19(25)22-15-6-4-5-14(21)12-15)8-9-16(17)20(26)24-10-3-2-7-18(23)24/h4-6,8-9,11-12,18H,2-3,7,10H2,1H3,(H,22,25). The van der Waals surface area contributed by atoms with Gasteiger partial charge in [-0.15, -0.1) is 0 Å². The number of hydrogen-bond donors (Lipinski definition) is 1. The normalized spacial score (nSPS) is 19.0. The Morgan fingerprint density at radius 1 is 1.19 bits per heavy atom. The number of nitrogens with zero attached hydrogens (tertiary/aromatic N) is 2. The largest absolute Gasteiger partial charge is 0.354 e. The van der Waals surface area contributed by atoms with Crippen molar-refractivity contribution in [2.45, 2.75) is 25.4 Å². The zero-order chi connectivity index (χ0) is 18.3. The van der Waals surface area contributed by atoms with E-state index in [2.05, 4.69) is 10.2 Å². The molecule has 2 aliphatic rings. The molecule has 0 aromatic heterocycles. The fraction of sp³-hybridized carbons (Fsp3) is 0.300. The van der Waals surface area contributed by atoms with Gasteiger partial charge in [0.2, 0.25) is 0 Å². The van der Waals surface area contributed by atoms with Crippen molar-refractivity contribution in [3.63, 3.8) is 0 Å². The van der Waals surface area contributed by atoms with E-state index in [-0.39, 0.29) is 18.0 Å². The van der Waals surface area contributed by atoms with Crippen molar-refractivity contribution >= 4 is 23.2 Å². The number of fused-ring (bicyclic) bond motifs is 2. The third-order valence-corrected chi connectivity index (χ3v) is 5.13. The number of rotatable bonds is 2. The molecule has 1 atom stereocenters. The van der Waals surface area contributed by atoms with Gasteiger partial charge in [-0.05, 0) is 55.7 Å². The molecule has 1 unspecified atom stereocenters. The van der Waals surface area contributed by atoms with Crippen LogP contribution in [0.1, 0.15) is 40.0 Å². The number of halogens is 1. The average Bonchev–Trinajstić information content (AvgIpc) is 2.65. The Morgan fingerprint density at radius 3 is 2.85 bits per heavy atom. The van der Waals surface area contributed by atoms with E-state index in [1.165, 1.54) is 12.1 Å². The fourth-order valence-electron chi connectivity index (χ4n) is 3.78. The lowest BCUT2D eigenvalue weighted by atomic mass is 9.97. The minimum atomic E-state index is -0.407. The molecule has 2 aromatic carbocycles. The summed E-state index contributed by atoms with van der Waals surface area (Å²) >= 11 is 0. The van der Waals surface area contributed by atoms with Crippen LogP contribution in [-0.2, 0) is 0 Å². The molecule has 2 heterocycles. The van der Waals surface area contributed by atoms with Gasteiger partial charge in [-0.3, -0.25) is 9.59 Å². The highest BCUT2D eigenvalue weighted by atomic mass is 19.1. The number of carbonyl (C=O) groups is 2. The molecule has 6 heteroatoms. The van der Waals surface area contributed by atoms with Crippen LogP contribution in [-0.4, -0.2) is 36.5 Å². The van der Waals surface area contributed by atoms with E-state index < -0.39 is 5.82 Å². The average molecular weight is 353 g/mol. The van der Waals surface area contributed by atoms with E-state index in [0.717, 1.165) is 31.5 Å². The topological polar surface area (TPSA) is 52.7 Å². The molecule has 2 amide bonds. The molecule has 26 heavy (non-hydrogen) atoms. The van der Waals surface area contributed by atoms with Gasteiger partial charge in [0.15, 0.2) is 0 Å². The summed E-state index contributed by atoms with van der Waals surface area (Å²) in [7, 11) is 1.96. The monoisotopic (exact) mass is 353 g/mol. The summed E-state index contributed by atoms with van der Waals surface area (Å²) in [6.07, 6.45) is 3.10. The Kier molecular flexibility index (Phi) is 4.11. The van der Waals surface area contributed by atoms with Gasteiger partial charge in [-0.25, -0.2) is 4.39 Å². The number of carbonyl (C=O) groups excluding carboxylic acids is 2. The quantitative estimate of drug-likeness (QED) is 0.899. The van der Waals surface area contributed by atoms with Crippen LogP contribution in [0.25, 0.3) is 0 Å². The maximum Gasteiger partial charge on any atom is 0.257 e. The van der Waals surface area contributed by atoms with E-state index in [4.69, 9.17) is 0 Å². The Hall–Kier alpha value is -2.89. The molecule has 1 saturated heterocycles. The van der Waals surface area contributed by atoms with Crippen LogP contribution < -0.4 is 10.2 Å². The molecule has 1 N–H and O–H groups in total. The van der Waals surface area contributed by atoms with Crippen LogP contribution in [0.4, 0.5) is 15.8 Å². The Bertz CT molecular complexity index is 883. The lowest BCUT2D eigenvalue weighted by Crippen LogP contribution is -2.55. The second-order valence-electron chi connectivity index (χ2n) is 6.78. The minimum absolute atomic E-state index is 0.0277. The molecule has 134 valence electrons. The van der Waals surface area contributed by atoms with Gasteiger partial charge in [0.05, 0.1) is 11.3 Å². The highest BCUT2D eigenvalue weighted by Gasteiger charge is 2.37. The number of piperidine rings is 1. The van der Waals surface area contributed by atoms with E-state index in [1.807, 2.05) is 11.9 Å². The number of anilines is 2. The van der Waals surface area contributed by atoms with E-state index in [9.17, 15) is 14.0 Å². The van der Waals surface area contributed by atoms with Gasteiger partial charge in [0.25, 0.3) is 11.8 Å². The lowest BCUT2D eigenvalue weighted by Gasteiger charge is -2.46. The predicted octanol–water partition coefficient (Wildman–Crippen LogP) is 3.48. The molecule has 0 saturated carbocycles. The summed E-state index contributed by atoms with van der Waals surface area (Å²) in [4.78, 5) is 29.3. The van der Waals surface area contributed by atoms with Gasteiger partial charge in [-0.2, -0.15) is 0 Å². The third-order valence-electron chi connectivity index (χ3n) is 5.13. The first-order chi connectivity index (χ1) is 12.5. The Labute approximate surface area is 151 Å². The molecular weight excluding hydrogens is 333 g/mol. The number of nitrogens with one attached hydrogen (secondary N) is 1. The maximum absolute atomic E-state index is 13.3. The minimum Gasteiger partial charge on any atom is -0.354 e. The lowest BCUT2D eigenvalue weighted by molar-refractivity contribution is 0.0589. The Morgan fingerprint density at radius 2 is 2.04 bits per heavy atom. The fourth-order valence-corrected chi connectivity index (χ4v) is 3.78. The molecule has 1 fully saturated rings. The summed E-state index contributed by atoms with van der Waals surface area (Å²) in [6, 6.07) is 10.9. The summed E-state index contributed by atoms with van der Waals surface area (Å²) < 4.78 is 13.3. The van der Waals surface area contributed by atoms with Crippen molar-refractivity contribution in [2.75, 3.05) is 23.8 Å². The molecule has 0 spiro atoms. The molecule has 2 aliphatic heterocycles. The zero-order valence-electron chi connectivity index (χ0n) is 14.5. The van der Waals surface area contributed by atoms with Crippen LogP contribution in [0.2, 0.25) is 0 Å². The molecule has 0 bridgehead atoms. The second-order valence-corrected chi connectivity index (χ2v) is 6.78. The van der Waals surface area contributed by atoms with Gasteiger partial charge in [0, 0.05) is 24.8 Å². The third kappa shape index (κ3) is 2.81. The highest BCUT2D eigenvalue weighted by molar-refractivity contribution is 6.08. The van der Waals surface area contributed by atoms with Crippen molar-refractivity contribution in [3.05, 3.63) is 59.4 Å². The van der Waals surface area contributed by atoms with E-state index >= 15 is 0 Å². The number of benzene rings is 2. The van der Waals surface area contributed by atoms with Crippen LogP contribution >= 0.6 is 0 Å². The van der Waals surface area contributed by atoms with Gasteiger partial charge >= 0.3 is 0 Å². The van der Waals surface area contributed by atoms with E-state index in [1.54, 1.807) is 30.3 Å². The molecule has 5 nitrogen and oxygen atoms in total. The van der Waals surface area contributed by atoms with E-state index in [0.29, 0.717) is 16.8 Å². The highest BCUT2D eigenvalue weighted by Crippen LogP contribution is 2.34. The molecular formula is C20H20FN3O2. The van der Waals surface area contributed by atoms with Crippen molar-refractivity contribution in [3.8, 4) is 0 Å². The van der Waals surface area contributed by atoms with Crippen LogP contribution in [0, 0.1) is 5.82 Å². The van der Waals surface area contributed by atoms with Crippen molar-refractivity contribution in [1.29, 1.82) is 0 Å². The first-order valence-corrected chi connectivity index (χ1v) is 8.79. The van der Waals surface area contributed by atoms with Gasteiger partial charge in [-0.1, -0.05) is 6.07 Å². The summed E-state index contributed by atoms with van der Waals surface area (Å²) in [6.45, 7) is 0.773. The van der Waals surface area contributed by atoms with Gasteiger partial charge in [0.1, 0.15) is 12.0 Å². The molecule has 0 aliphatic carbocycles. The molecule has 4 rings (SSSR count). The number of hydrogen-bond acceptors (Lipinski definition) is 3. The smallest absolute Gasteiger partial charge is 0.257 e. The van der Waals surface area contributed by atoms with Crippen molar-refractivity contribution < 1.29 is 14.0 Å². The van der Waals surface area contributed by atoms with Crippen LogP contribution in [0.3, 0.4) is 0 Å². The summed E-state index contributed by atoms with van der Waals surface area (Å²) in [5.41, 5.74) is 2.23. The van der Waals surface area contributed by atoms with Crippen LogP contribution in [0.15, 0.2) is 42.5 Å². The van der Waals surface area contributed by atoms with Crippen LogP contribution in [0.5, 0.6) is 0 Å². The maximum atomic E-state index is 13.3. The molecule has 2 aromatic rings. The molecule has 0 radical (unpaired) electrons. The second kappa shape index (κ2) is 6.44. The van der Waals surface area contributed by atoms with Gasteiger partial charge < -0.3 is 15.1 Å². The summed E-state index contributed by atoms with van der Waals surface area (Å²) in [5.74, 6) is -0.707. The Balaban J connectivity index is 1.63. The first-order valence-electron chi connectivity index (χ1n) is 8.79. The first kappa shape index (κ1) is 16.6.